The first kappa shape index (κ1) is 22.4. The van der Waals surface area contributed by atoms with Crippen molar-refractivity contribution in [3.63, 3.8) is 0 Å². The third kappa shape index (κ3) is 4.55. The Labute approximate surface area is 214 Å². The summed E-state index contributed by atoms with van der Waals surface area (Å²) in [5.74, 6) is -1.29. The number of carboxylic acid groups (broad SMARTS) is 1. The van der Waals surface area contributed by atoms with Crippen LogP contribution in [-0.2, 0) is 0 Å². The topological polar surface area (TPSA) is 106 Å². The SMILES string of the molecule is CC(Oc1cc2cc(F)ccc2nc1N)c1cc(C(=O)[O-])ccc1-n1cccn1.[K+]. The van der Waals surface area contributed by atoms with Crippen LogP contribution in [0.4, 0.5) is 10.2 Å². The Morgan fingerprint density at radius 2 is 2.03 bits per heavy atom. The van der Waals surface area contributed by atoms with E-state index in [2.05, 4.69) is 10.1 Å². The summed E-state index contributed by atoms with van der Waals surface area (Å²) in [6.07, 6.45) is 2.74. The zero-order valence-electron chi connectivity index (χ0n) is 16.4. The summed E-state index contributed by atoms with van der Waals surface area (Å²) in [5.41, 5.74) is 7.77. The molecule has 0 saturated carbocycles. The van der Waals surface area contributed by atoms with Gasteiger partial charge in [0.2, 0.25) is 0 Å². The third-order valence-electron chi connectivity index (χ3n) is 4.53. The van der Waals surface area contributed by atoms with Gasteiger partial charge in [-0.3, -0.25) is 0 Å². The van der Waals surface area contributed by atoms with E-state index in [0.717, 1.165) is 0 Å². The molecule has 0 amide bonds. The maximum Gasteiger partial charge on any atom is 1.00 e. The Morgan fingerprint density at radius 3 is 2.73 bits per heavy atom. The number of fused-ring (bicyclic) bond motifs is 1. The van der Waals surface area contributed by atoms with Crippen LogP contribution in [0, 0.1) is 5.82 Å². The molecule has 0 fully saturated rings. The maximum atomic E-state index is 13.6. The van der Waals surface area contributed by atoms with Gasteiger partial charge in [0.25, 0.3) is 0 Å². The first-order chi connectivity index (χ1) is 13.9. The summed E-state index contributed by atoms with van der Waals surface area (Å²) in [6.45, 7) is 1.75. The van der Waals surface area contributed by atoms with Gasteiger partial charge < -0.3 is 20.4 Å². The molecule has 0 spiro atoms. The van der Waals surface area contributed by atoms with Gasteiger partial charge in [-0.25, -0.2) is 14.1 Å². The number of aromatic carboxylic acids is 1. The zero-order valence-corrected chi connectivity index (χ0v) is 19.5. The molecule has 0 aliphatic heterocycles. The fourth-order valence-electron chi connectivity index (χ4n) is 3.12. The molecule has 0 aliphatic rings. The van der Waals surface area contributed by atoms with Crippen LogP contribution in [0.5, 0.6) is 5.75 Å². The van der Waals surface area contributed by atoms with Crippen LogP contribution in [-0.4, -0.2) is 20.7 Å². The zero-order chi connectivity index (χ0) is 20.5. The summed E-state index contributed by atoms with van der Waals surface area (Å²) < 4.78 is 21.1. The molecule has 30 heavy (non-hydrogen) atoms. The van der Waals surface area contributed by atoms with Crippen LogP contribution in [0.1, 0.15) is 28.9 Å². The van der Waals surface area contributed by atoms with E-state index in [1.54, 1.807) is 42.2 Å². The minimum absolute atomic E-state index is 0. The second kappa shape index (κ2) is 9.23. The Balaban J connectivity index is 0.00000256. The fraction of sp³-hybridized carbons (Fsp3) is 0.0952. The monoisotopic (exact) mass is 430 g/mol. The number of hydrogen-bond donors (Lipinski definition) is 1. The second-order valence-corrected chi connectivity index (χ2v) is 6.48. The van der Waals surface area contributed by atoms with Gasteiger partial charge in [-0.1, -0.05) is 6.07 Å². The molecule has 2 heterocycles. The van der Waals surface area contributed by atoms with Crippen molar-refractivity contribution >= 4 is 22.7 Å². The number of nitrogen functional groups attached to an aromatic ring is 1. The number of nitrogens with zero attached hydrogens (tertiary/aromatic N) is 3. The Hall–Kier alpha value is -2.30. The maximum absolute atomic E-state index is 13.6. The molecule has 2 aromatic heterocycles. The van der Waals surface area contributed by atoms with Crippen LogP contribution in [0.15, 0.2) is 60.9 Å². The Kier molecular flexibility index (Phi) is 6.89. The average Bonchev–Trinajstić information content (AvgIpc) is 3.23. The van der Waals surface area contributed by atoms with Gasteiger partial charge in [-0.15, -0.1) is 0 Å². The molecule has 1 atom stereocenters. The number of carboxylic acids is 1. The average molecular weight is 430 g/mol. The number of anilines is 1. The van der Waals surface area contributed by atoms with Gasteiger partial charge >= 0.3 is 51.4 Å². The molecule has 7 nitrogen and oxygen atoms in total. The van der Waals surface area contributed by atoms with E-state index in [9.17, 15) is 14.3 Å². The fourth-order valence-corrected chi connectivity index (χ4v) is 3.12. The van der Waals surface area contributed by atoms with E-state index in [-0.39, 0.29) is 68.5 Å². The van der Waals surface area contributed by atoms with Crippen molar-refractivity contribution in [3.05, 3.63) is 77.9 Å². The molecule has 2 N–H and O–H groups in total. The minimum Gasteiger partial charge on any atom is -0.545 e. The van der Waals surface area contributed by atoms with Gasteiger partial charge in [0.1, 0.15) is 11.9 Å². The smallest absolute Gasteiger partial charge is 0.545 e. The molecule has 146 valence electrons. The normalized spacial score (nSPS) is 11.7. The number of pyridine rings is 1. The van der Waals surface area contributed by atoms with Crippen molar-refractivity contribution in [1.82, 2.24) is 14.8 Å². The van der Waals surface area contributed by atoms with Crippen molar-refractivity contribution in [1.29, 1.82) is 0 Å². The van der Waals surface area contributed by atoms with Gasteiger partial charge in [0.05, 0.1) is 17.2 Å². The predicted octanol–water partition coefficient (Wildman–Crippen LogP) is -0.351. The number of halogens is 1. The summed E-state index contributed by atoms with van der Waals surface area (Å²) in [4.78, 5) is 15.6. The number of aromatic nitrogens is 3. The van der Waals surface area contributed by atoms with Gasteiger partial charge in [-0.05, 0) is 55.0 Å². The molecule has 1 unspecified atom stereocenters. The molecule has 0 saturated heterocycles. The van der Waals surface area contributed by atoms with Crippen LogP contribution in [0.25, 0.3) is 16.6 Å². The third-order valence-corrected chi connectivity index (χ3v) is 4.53. The van der Waals surface area contributed by atoms with Crippen LogP contribution < -0.4 is 67.0 Å². The number of nitrogens with two attached hydrogens (primary N) is 1. The molecule has 0 radical (unpaired) electrons. The summed E-state index contributed by atoms with van der Waals surface area (Å²) in [6, 6.07) is 12.1. The number of rotatable bonds is 5. The molecular weight excluding hydrogens is 414 g/mol. The molecule has 9 heteroatoms. The van der Waals surface area contributed by atoms with Gasteiger partial charge in [0.15, 0.2) is 11.6 Å². The number of carbonyl (C=O) groups excluding carboxylic acids is 1. The van der Waals surface area contributed by atoms with Crippen molar-refractivity contribution in [2.45, 2.75) is 13.0 Å². The Bertz CT molecular complexity index is 1210. The molecule has 4 aromatic rings. The van der Waals surface area contributed by atoms with Crippen LogP contribution in [0.3, 0.4) is 0 Å². The summed E-state index contributed by atoms with van der Waals surface area (Å²) in [7, 11) is 0. The van der Waals surface area contributed by atoms with E-state index >= 15 is 0 Å². The molecule has 0 aliphatic carbocycles. The van der Waals surface area contributed by atoms with E-state index in [1.807, 2.05) is 0 Å². The van der Waals surface area contributed by atoms with E-state index in [0.29, 0.717) is 22.2 Å². The standard InChI is InChI=1S/C21H17FN4O3.K/c1-12(29-19-11-14-9-15(22)4-5-17(14)25-20(19)23)16-10-13(21(27)28)3-6-18(16)26-8-2-7-24-26;/h2-12H,1H3,(H2,23,25)(H,27,28);/q;+1/p-1. The number of hydrogen-bond acceptors (Lipinski definition) is 6. The number of ether oxygens (including phenoxy) is 1. The number of benzene rings is 2. The van der Waals surface area contributed by atoms with Crippen molar-refractivity contribution in [2.75, 3.05) is 5.73 Å². The van der Waals surface area contributed by atoms with Crippen molar-refractivity contribution in [2.24, 2.45) is 0 Å². The van der Waals surface area contributed by atoms with Crippen molar-refractivity contribution < 1.29 is 70.4 Å². The van der Waals surface area contributed by atoms with Gasteiger partial charge in [0, 0.05) is 23.3 Å². The molecule has 2 aromatic carbocycles. The predicted molar refractivity (Wildman–Crippen MR) is 103 cm³/mol. The van der Waals surface area contributed by atoms with E-state index in [1.165, 1.54) is 30.3 Å². The molecule has 0 bridgehead atoms. The first-order valence-electron chi connectivity index (χ1n) is 8.80. The van der Waals surface area contributed by atoms with E-state index in [4.69, 9.17) is 10.5 Å². The van der Waals surface area contributed by atoms with E-state index < -0.39 is 17.9 Å². The van der Waals surface area contributed by atoms with Crippen molar-refractivity contribution in [3.8, 4) is 11.4 Å². The second-order valence-electron chi connectivity index (χ2n) is 6.48. The quantitative estimate of drug-likeness (QED) is 0.434. The first-order valence-corrected chi connectivity index (χ1v) is 8.80. The minimum atomic E-state index is -1.30. The Morgan fingerprint density at radius 1 is 1.23 bits per heavy atom. The molecule has 4 rings (SSSR count). The number of carbonyl (C=O) groups is 1. The largest absolute Gasteiger partial charge is 1.00 e. The van der Waals surface area contributed by atoms with Gasteiger partial charge in [-0.2, -0.15) is 5.10 Å². The molecular formula is C21H16FKN4O3. The van der Waals surface area contributed by atoms with Crippen LogP contribution in [0.2, 0.25) is 0 Å². The summed E-state index contributed by atoms with van der Waals surface area (Å²) in [5, 5.41) is 16.1. The summed E-state index contributed by atoms with van der Waals surface area (Å²) >= 11 is 0. The van der Waals surface area contributed by atoms with Crippen LogP contribution >= 0.6 is 0 Å².